The van der Waals surface area contributed by atoms with Crippen molar-refractivity contribution >= 4 is 24.0 Å². The largest absolute Gasteiger partial charge is 0.349 e. The minimum absolute atomic E-state index is 0.700. The molecule has 0 radical (unpaired) electrons. The zero-order chi connectivity index (χ0) is 8.55. The molecule has 0 aliphatic carbocycles. The zero-order valence-corrected chi connectivity index (χ0v) is 8.14. The van der Waals surface area contributed by atoms with Gasteiger partial charge in [0.25, 0.3) is 0 Å². The monoisotopic (exact) mass is 197 g/mol. The van der Waals surface area contributed by atoms with E-state index in [0.29, 0.717) is 4.34 Å². The molecule has 0 saturated heterocycles. The van der Waals surface area contributed by atoms with Crippen LogP contribution in [0.15, 0.2) is 22.7 Å². The molecule has 0 spiro atoms. The topological polar surface area (TPSA) is 30.7 Å². The summed E-state index contributed by atoms with van der Waals surface area (Å²) >= 11 is 5.59. The number of hydrogen-bond donors (Lipinski definition) is 1. The van der Waals surface area contributed by atoms with E-state index in [0.717, 1.165) is 10.7 Å². The Labute approximate surface area is 79.5 Å². The zero-order valence-electron chi connectivity index (χ0n) is 6.43. The van der Waals surface area contributed by atoms with Crippen LogP contribution < -0.4 is 0 Å². The van der Waals surface area contributed by atoms with Crippen LogP contribution in [0.25, 0.3) is 10.7 Å². The van der Waals surface area contributed by atoms with Gasteiger partial charge in [0.15, 0.2) is 9.35 Å². The van der Waals surface area contributed by atoms with Gasteiger partial charge in [0.1, 0.15) is 0 Å². The van der Waals surface area contributed by atoms with Gasteiger partial charge in [-0.3, -0.25) is 0 Å². The highest BCUT2D eigenvalue weighted by molar-refractivity contribution is 7.82. The first-order valence-electron chi connectivity index (χ1n) is 3.41. The number of hydrogen-bond acceptors (Lipinski definition) is 4. The molecule has 5 heteroatoms. The Balaban J connectivity index is 2.50. The summed E-state index contributed by atoms with van der Waals surface area (Å²) in [7, 11) is 1.98. The van der Waals surface area contributed by atoms with Crippen molar-refractivity contribution in [2.45, 2.75) is 4.34 Å². The smallest absolute Gasteiger partial charge is 0.171 e. The van der Waals surface area contributed by atoms with Gasteiger partial charge in [0, 0.05) is 13.2 Å². The summed E-state index contributed by atoms with van der Waals surface area (Å²) in [5.41, 5.74) is 1.08. The molecule has 0 fully saturated rings. The van der Waals surface area contributed by atoms with E-state index < -0.39 is 0 Å². The maximum absolute atomic E-state index is 4.11. The van der Waals surface area contributed by atoms with Gasteiger partial charge >= 0.3 is 0 Å². The molecule has 62 valence electrons. The molecular weight excluding hydrogens is 190 g/mol. The van der Waals surface area contributed by atoms with Crippen molar-refractivity contribution in [1.82, 2.24) is 14.8 Å². The van der Waals surface area contributed by atoms with E-state index in [2.05, 4.69) is 22.8 Å². The first kappa shape index (κ1) is 7.82. The SMILES string of the molecule is Cn1cccc1-c1nnc(S)s1. The van der Waals surface area contributed by atoms with Crippen molar-refractivity contribution < 1.29 is 0 Å². The molecule has 0 aromatic carbocycles. The van der Waals surface area contributed by atoms with Crippen LogP contribution in [0.2, 0.25) is 0 Å². The van der Waals surface area contributed by atoms with Gasteiger partial charge in [-0.05, 0) is 12.1 Å². The molecule has 0 atom stereocenters. The molecule has 0 bridgehead atoms. The van der Waals surface area contributed by atoms with E-state index in [-0.39, 0.29) is 0 Å². The van der Waals surface area contributed by atoms with Gasteiger partial charge in [0.05, 0.1) is 5.69 Å². The van der Waals surface area contributed by atoms with Crippen molar-refractivity contribution in [3.63, 3.8) is 0 Å². The molecule has 2 aromatic heterocycles. The molecular formula is C7H7N3S2. The number of nitrogens with zero attached hydrogens (tertiary/aromatic N) is 3. The molecule has 0 unspecified atom stereocenters. The van der Waals surface area contributed by atoms with Crippen molar-refractivity contribution in [3.05, 3.63) is 18.3 Å². The maximum atomic E-state index is 4.11. The van der Waals surface area contributed by atoms with Gasteiger partial charge in [0.2, 0.25) is 0 Å². The van der Waals surface area contributed by atoms with E-state index in [1.165, 1.54) is 11.3 Å². The van der Waals surface area contributed by atoms with Gasteiger partial charge < -0.3 is 4.57 Å². The van der Waals surface area contributed by atoms with Crippen molar-refractivity contribution in [1.29, 1.82) is 0 Å². The van der Waals surface area contributed by atoms with Crippen LogP contribution in [0.5, 0.6) is 0 Å². The minimum atomic E-state index is 0.700. The molecule has 12 heavy (non-hydrogen) atoms. The summed E-state index contributed by atoms with van der Waals surface area (Å²) in [6.45, 7) is 0. The van der Waals surface area contributed by atoms with Crippen molar-refractivity contribution in [2.75, 3.05) is 0 Å². The van der Waals surface area contributed by atoms with Crippen LogP contribution in [0, 0.1) is 0 Å². The van der Waals surface area contributed by atoms with Crippen LogP contribution in [0.1, 0.15) is 0 Å². The fraction of sp³-hybridized carbons (Fsp3) is 0.143. The third-order valence-corrected chi connectivity index (χ3v) is 2.69. The van der Waals surface area contributed by atoms with E-state index >= 15 is 0 Å². The van der Waals surface area contributed by atoms with E-state index in [1.807, 2.05) is 29.9 Å². The van der Waals surface area contributed by atoms with Gasteiger partial charge in [-0.15, -0.1) is 22.8 Å². The highest BCUT2D eigenvalue weighted by Gasteiger charge is 2.05. The summed E-state index contributed by atoms with van der Waals surface area (Å²) < 4.78 is 2.71. The van der Waals surface area contributed by atoms with Crippen LogP contribution in [0.3, 0.4) is 0 Å². The highest BCUT2D eigenvalue weighted by Crippen LogP contribution is 2.24. The molecule has 2 rings (SSSR count). The summed E-state index contributed by atoms with van der Waals surface area (Å²) in [4.78, 5) is 0. The Morgan fingerprint density at radius 2 is 2.33 bits per heavy atom. The predicted octanol–water partition coefficient (Wildman–Crippen LogP) is 1.83. The lowest BCUT2D eigenvalue weighted by molar-refractivity contribution is 0.924. The van der Waals surface area contributed by atoms with E-state index in [9.17, 15) is 0 Å². The fourth-order valence-corrected chi connectivity index (χ4v) is 1.96. The predicted molar refractivity (Wildman–Crippen MR) is 51.6 cm³/mol. The maximum Gasteiger partial charge on any atom is 0.171 e. The third kappa shape index (κ3) is 1.25. The average molecular weight is 197 g/mol. The lowest BCUT2D eigenvalue weighted by atomic mass is 10.4. The molecule has 0 amide bonds. The first-order chi connectivity index (χ1) is 5.77. The highest BCUT2D eigenvalue weighted by atomic mass is 32.2. The fourth-order valence-electron chi connectivity index (χ4n) is 1.00. The van der Waals surface area contributed by atoms with Crippen molar-refractivity contribution in [2.24, 2.45) is 7.05 Å². The second-order valence-corrected chi connectivity index (χ2v) is 4.10. The Kier molecular flexibility index (Phi) is 1.90. The summed E-state index contributed by atoms with van der Waals surface area (Å²) in [6, 6.07) is 3.99. The first-order valence-corrected chi connectivity index (χ1v) is 4.68. The lowest BCUT2D eigenvalue weighted by Gasteiger charge is -1.95. The van der Waals surface area contributed by atoms with Gasteiger partial charge in [-0.2, -0.15) is 0 Å². The Morgan fingerprint density at radius 3 is 2.83 bits per heavy atom. The standard InChI is InChI=1S/C7H7N3S2/c1-10-4-2-3-5(10)6-8-9-7(11)12-6/h2-4H,1H3,(H,9,11). The van der Waals surface area contributed by atoms with Crippen LogP contribution in [-0.4, -0.2) is 14.8 Å². The number of aromatic nitrogens is 3. The molecule has 0 aliphatic rings. The summed E-state index contributed by atoms with van der Waals surface area (Å²) in [5, 5.41) is 8.73. The Hall–Kier alpha value is -0.810. The Bertz CT molecular complexity index is 391. The number of rotatable bonds is 1. The Morgan fingerprint density at radius 1 is 1.50 bits per heavy atom. The lowest BCUT2D eigenvalue weighted by Crippen LogP contribution is -1.87. The molecule has 3 nitrogen and oxygen atoms in total. The normalized spacial score (nSPS) is 10.5. The second-order valence-electron chi connectivity index (χ2n) is 2.39. The molecule has 2 heterocycles. The van der Waals surface area contributed by atoms with Crippen LogP contribution >= 0.6 is 24.0 Å². The number of aryl methyl sites for hydroxylation is 1. The third-order valence-electron chi connectivity index (χ3n) is 1.58. The molecule has 0 aliphatic heterocycles. The van der Waals surface area contributed by atoms with Gasteiger partial charge in [-0.1, -0.05) is 11.3 Å². The minimum Gasteiger partial charge on any atom is -0.349 e. The quantitative estimate of drug-likeness (QED) is 0.707. The second kappa shape index (κ2) is 2.91. The van der Waals surface area contributed by atoms with Crippen LogP contribution in [-0.2, 0) is 7.05 Å². The molecule has 2 aromatic rings. The molecule has 0 N–H and O–H groups in total. The van der Waals surface area contributed by atoms with E-state index in [4.69, 9.17) is 0 Å². The number of thiol groups is 1. The van der Waals surface area contributed by atoms with Gasteiger partial charge in [-0.25, -0.2) is 0 Å². The molecule has 0 saturated carbocycles. The van der Waals surface area contributed by atoms with Crippen molar-refractivity contribution in [3.8, 4) is 10.7 Å². The van der Waals surface area contributed by atoms with E-state index in [1.54, 1.807) is 0 Å². The summed E-state index contributed by atoms with van der Waals surface area (Å²) in [5.74, 6) is 0. The summed E-state index contributed by atoms with van der Waals surface area (Å²) in [6.07, 6.45) is 1.98. The average Bonchev–Trinajstić information content (AvgIpc) is 2.58. The van der Waals surface area contributed by atoms with Crippen LogP contribution in [0.4, 0.5) is 0 Å².